The van der Waals surface area contributed by atoms with Crippen molar-refractivity contribution in [2.45, 2.75) is 38.0 Å². The topological polar surface area (TPSA) is 91.8 Å². The minimum Gasteiger partial charge on any atom is -0.478 e. The van der Waals surface area contributed by atoms with Gasteiger partial charge in [0.15, 0.2) is 0 Å². The van der Waals surface area contributed by atoms with Crippen LogP contribution in [0.4, 0.5) is 10.6 Å². The van der Waals surface area contributed by atoms with Crippen LogP contribution in [0.1, 0.15) is 48.5 Å². The lowest BCUT2D eigenvalue weighted by Gasteiger charge is -2.35. The van der Waals surface area contributed by atoms with Gasteiger partial charge in [0.1, 0.15) is 11.6 Å². The van der Waals surface area contributed by atoms with E-state index in [1.54, 1.807) is 6.07 Å². The number of benzene rings is 1. The number of carboxylic acids is 1. The first kappa shape index (κ1) is 23.6. The average Bonchev–Trinajstić information content (AvgIpc) is 2.90. The predicted molar refractivity (Wildman–Crippen MR) is 118 cm³/mol. The highest BCUT2D eigenvalue weighted by atomic mass is 35.5. The van der Waals surface area contributed by atoms with Crippen LogP contribution in [0.3, 0.4) is 0 Å². The molecule has 162 valence electrons. The van der Waals surface area contributed by atoms with E-state index in [9.17, 15) is 9.59 Å². The van der Waals surface area contributed by atoms with E-state index in [2.05, 4.69) is 35.2 Å². The van der Waals surface area contributed by atoms with Gasteiger partial charge in [-0.3, -0.25) is 5.32 Å². The Morgan fingerprint density at radius 3 is 2.73 bits per heavy atom. The summed E-state index contributed by atoms with van der Waals surface area (Å²) in [7, 11) is 2.16. The first-order valence-electron chi connectivity index (χ1n) is 9.89. The Morgan fingerprint density at radius 2 is 2.07 bits per heavy atom. The molecule has 1 aromatic heterocycles. The third kappa shape index (κ3) is 5.70. The summed E-state index contributed by atoms with van der Waals surface area (Å²) in [5, 5.41) is 11.4. The zero-order valence-electron chi connectivity index (χ0n) is 17.3. The van der Waals surface area contributed by atoms with E-state index in [0.717, 1.165) is 25.9 Å². The van der Waals surface area contributed by atoms with Crippen LogP contribution in [0, 0.1) is 0 Å². The third-order valence-corrected chi connectivity index (χ3v) is 5.59. The molecule has 1 amide bonds. The van der Waals surface area contributed by atoms with Gasteiger partial charge in [0.2, 0.25) is 0 Å². The highest BCUT2D eigenvalue weighted by Crippen LogP contribution is 2.37. The Morgan fingerprint density at radius 1 is 1.27 bits per heavy atom. The van der Waals surface area contributed by atoms with E-state index in [-0.39, 0.29) is 29.2 Å². The van der Waals surface area contributed by atoms with Crippen molar-refractivity contribution in [2.75, 3.05) is 25.5 Å². The molecule has 0 bridgehead atoms. The van der Waals surface area contributed by atoms with Crippen LogP contribution in [0.15, 0.2) is 42.6 Å². The lowest BCUT2D eigenvalue weighted by atomic mass is 9.74. The summed E-state index contributed by atoms with van der Waals surface area (Å²) in [6.07, 6.45) is 5.04. The summed E-state index contributed by atoms with van der Waals surface area (Å²) < 4.78 is 5.46. The Hall–Kier alpha value is -2.64. The number of amides is 1. The number of halogens is 1. The number of rotatable bonds is 5. The molecule has 0 aliphatic carbocycles. The summed E-state index contributed by atoms with van der Waals surface area (Å²) in [5.41, 5.74) is 1.29. The summed E-state index contributed by atoms with van der Waals surface area (Å²) in [6.45, 7) is 4.30. The molecule has 1 aliphatic rings. The third-order valence-electron chi connectivity index (χ3n) is 5.59. The normalized spacial score (nSPS) is 19.3. The maximum absolute atomic E-state index is 12.2. The maximum atomic E-state index is 12.2. The van der Waals surface area contributed by atoms with Gasteiger partial charge in [-0.1, -0.05) is 25.5 Å². The van der Waals surface area contributed by atoms with Crippen molar-refractivity contribution in [2.24, 2.45) is 0 Å². The molecule has 1 aliphatic heterocycles. The van der Waals surface area contributed by atoms with Gasteiger partial charge in [-0.05, 0) is 62.7 Å². The quantitative estimate of drug-likeness (QED) is 0.717. The van der Waals surface area contributed by atoms with Crippen LogP contribution in [0.5, 0.6) is 5.75 Å². The number of carboxylic acid groups (broad SMARTS) is 1. The fourth-order valence-electron chi connectivity index (χ4n) is 3.97. The van der Waals surface area contributed by atoms with E-state index in [4.69, 9.17) is 9.84 Å². The minimum atomic E-state index is -1.07. The number of aromatic carboxylic acids is 1. The van der Waals surface area contributed by atoms with E-state index in [0.29, 0.717) is 5.75 Å². The molecule has 3 rings (SSSR count). The van der Waals surface area contributed by atoms with E-state index >= 15 is 0 Å². The fourth-order valence-corrected chi connectivity index (χ4v) is 3.97. The number of likely N-dealkylation sites (tertiary alicyclic amines) is 1. The number of likely N-dealkylation sites (N-methyl/N-ethyl adjacent to an activating group) is 1. The highest BCUT2D eigenvalue weighted by molar-refractivity contribution is 5.89. The molecule has 1 fully saturated rings. The number of nitrogens with one attached hydrogen (secondary N) is 1. The van der Waals surface area contributed by atoms with Crippen molar-refractivity contribution in [1.29, 1.82) is 0 Å². The van der Waals surface area contributed by atoms with Crippen molar-refractivity contribution in [3.63, 3.8) is 0 Å². The average molecular weight is 434 g/mol. The van der Waals surface area contributed by atoms with E-state index < -0.39 is 12.1 Å². The summed E-state index contributed by atoms with van der Waals surface area (Å²) in [5.74, 6) is -0.370. The van der Waals surface area contributed by atoms with Crippen LogP contribution in [-0.4, -0.2) is 47.2 Å². The summed E-state index contributed by atoms with van der Waals surface area (Å²) in [6, 6.07) is 10.5. The second-order valence-corrected chi connectivity index (χ2v) is 7.61. The first-order chi connectivity index (χ1) is 13.9. The van der Waals surface area contributed by atoms with Crippen LogP contribution >= 0.6 is 12.4 Å². The van der Waals surface area contributed by atoms with E-state index in [1.807, 2.05) is 12.1 Å². The second kappa shape index (κ2) is 10.4. The molecule has 0 spiro atoms. The Kier molecular flexibility index (Phi) is 8.20. The number of hydrogen-bond donors (Lipinski definition) is 2. The molecule has 2 N–H and O–H groups in total. The molecule has 1 saturated heterocycles. The molecule has 1 aromatic carbocycles. The van der Waals surface area contributed by atoms with Crippen molar-refractivity contribution >= 4 is 30.3 Å². The lowest BCUT2D eigenvalue weighted by Crippen LogP contribution is -2.37. The molecular weight excluding hydrogens is 406 g/mol. The number of nitrogens with zero attached hydrogens (tertiary/aromatic N) is 2. The van der Waals surface area contributed by atoms with Crippen molar-refractivity contribution in [1.82, 2.24) is 9.88 Å². The number of hydrogen-bond acceptors (Lipinski definition) is 5. The molecule has 0 radical (unpaired) electrons. The Balaban J connectivity index is 0.00000320. The number of aromatic nitrogens is 1. The zero-order valence-corrected chi connectivity index (χ0v) is 18.1. The fraction of sp³-hybridized carbons (Fsp3) is 0.409. The molecule has 2 aromatic rings. The SMILES string of the molecule is CCC1(c2cccc(OC(=O)Nc3ccc(C(=O)O)cn3)c2)CCCCN(C)C1.Cl. The standard InChI is InChI=1S/C22H27N3O4.ClH/c1-3-22(11-4-5-12-25(2)15-22)17-7-6-8-18(13-17)29-21(28)24-19-10-9-16(14-23-19)20(26)27;/h6-10,13-14H,3-5,11-12,15H2,1-2H3,(H,26,27)(H,23,24,28);1H. The number of anilines is 1. The van der Waals surface area contributed by atoms with Gasteiger partial charge < -0.3 is 14.7 Å². The largest absolute Gasteiger partial charge is 0.478 e. The molecule has 30 heavy (non-hydrogen) atoms. The molecule has 0 saturated carbocycles. The number of ether oxygens (including phenoxy) is 1. The van der Waals surface area contributed by atoms with Gasteiger partial charge in [-0.2, -0.15) is 0 Å². The smallest absolute Gasteiger partial charge is 0.418 e. The predicted octanol–water partition coefficient (Wildman–Crippen LogP) is 4.58. The molecule has 1 unspecified atom stereocenters. The molecule has 1 atom stereocenters. The monoisotopic (exact) mass is 433 g/mol. The summed E-state index contributed by atoms with van der Waals surface area (Å²) >= 11 is 0. The number of pyridine rings is 1. The van der Waals surface area contributed by atoms with Crippen LogP contribution in [0.25, 0.3) is 0 Å². The van der Waals surface area contributed by atoms with Crippen molar-refractivity contribution in [3.05, 3.63) is 53.7 Å². The molecular formula is C22H28ClN3O4. The Bertz CT molecular complexity index is 875. The van der Waals surface area contributed by atoms with Crippen molar-refractivity contribution in [3.8, 4) is 5.75 Å². The van der Waals surface area contributed by atoms with Gasteiger partial charge in [0, 0.05) is 18.2 Å². The van der Waals surface area contributed by atoms with Crippen LogP contribution in [0.2, 0.25) is 0 Å². The van der Waals surface area contributed by atoms with Crippen LogP contribution in [-0.2, 0) is 5.41 Å². The Labute approximate surface area is 182 Å². The van der Waals surface area contributed by atoms with E-state index in [1.165, 1.54) is 36.7 Å². The lowest BCUT2D eigenvalue weighted by molar-refractivity contribution is 0.0696. The maximum Gasteiger partial charge on any atom is 0.418 e. The van der Waals surface area contributed by atoms with Gasteiger partial charge in [-0.15, -0.1) is 12.4 Å². The van der Waals surface area contributed by atoms with Gasteiger partial charge in [-0.25, -0.2) is 14.6 Å². The molecule has 7 nitrogen and oxygen atoms in total. The first-order valence-corrected chi connectivity index (χ1v) is 9.89. The minimum absolute atomic E-state index is 0. The number of carbonyl (C=O) groups is 2. The molecule has 8 heteroatoms. The number of carbonyl (C=O) groups excluding carboxylic acids is 1. The second-order valence-electron chi connectivity index (χ2n) is 7.61. The van der Waals surface area contributed by atoms with Gasteiger partial charge >= 0.3 is 12.1 Å². The van der Waals surface area contributed by atoms with Crippen molar-refractivity contribution < 1.29 is 19.4 Å². The van der Waals surface area contributed by atoms with Gasteiger partial charge in [0.05, 0.1) is 5.56 Å². The zero-order chi connectivity index (χ0) is 20.9. The molecule has 2 heterocycles. The van der Waals surface area contributed by atoms with Gasteiger partial charge in [0.25, 0.3) is 0 Å². The highest BCUT2D eigenvalue weighted by Gasteiger charge is 2.33. The van der Waals surface area contributed by atoms with Crippen LogP contribution < -0.4 is 10.1 Å². The summed E-state index contributed by atoms with van der Waals surface area (Å²) in [4.78, 5) is 29.4.